The second-order valence-corrected chi connectivity index (χ2v) is 8.95. The van der Waals surface area contributed by atoms with Crippen molar-refractivity contribution in [3.05, 3.63) is 118 Å². The summed E-state index contributed by atoms with van der Waals surface area (Å²) in [4.78, 5) is 26.5. The van der Waals surface area contributed by atoms with Gasteiger partial charge in [0.15, 0.2) is 0 Å². The number of benzene rings is 3. The van der Waals surface area contributed by atoms with Crippen LogP contribution in [0.1, 0.15) is 28.5 Å². The lowest BCUT2D eigenvalue weighted by molar-refractivity contribution is -0.384. The number of likely N-dealkylation sites (tertiary alicyclic amines) is 1. The van der Waals surface area contributed by atoms with Gasteiger partial charge in [-0.05, 0) is 28.8 Å². The fourth-order valence-electron chi connectivity index (χ4n) is 5.38. The molecule has 4 atom stereocenters. The molecule has 1 heterocycles. The van der Waals surface area contributed by atoms with Crippen LogP contribution in [0.3, 0.4) is 0 Å². The lowest BCUT2D eigenvalue weighted by atomic mass is 9.66. The number of carbonyl (C=O) groups excluding carboxylic acids is 1. The molecule has 0 aromatic heterocycles. The monoisotopic (exact) mass is 454 g/mol. The third-order valence-electron chi connectivity index (χ3n) is 7.03. The summed E-state index contributed by atoms with van der Waals surface area (Å²) in [5, 5.41) is 11.2. The quantitative estimate of drug-likeness (QED) is 0.287. The van der Waals surface area contributed by atoms with Crippen LogP contribution in [0.25, 0.3) is 0 Å². The SMILES string of the molecule is COc1ccc(CN2C[C@H]3C=C[C@@H](c4ccccc4)[C@@H](c4ccc([N+](=O)[O-])cc4)[C@@H]3C2=O)cc1. The third-order valence-corrected chi connectivity index (χ3v) is 7.03. The summed E-state index contributed by atoms with van der Waals surface area (Å²) in [6.45, 7) is 1.21. The number of fused-ring (bicyclic) bond motifs is 1. The van der Waals surface area contributed by atoms with Gasteiger partial charge in [-0.2, -0.15) is 0 Å². The molecule has 3 aromatic carbocycles. The summed E-state index contributed by atoms with van der Waals surface area (Å²) in [5.41, 5.74) is 3.21. The summed E-state index contributed by atoms with van der Waals surface area (Å²) in [6, 6.07) is 24.7. The van der Waals surface area contributed by atoms with Crippen molar-refractivity contribution >= 4 is 11.6 Å². The molecule has 6 nitrogen and oxygen atoms in total. The molecular formula is C28H26N2O4. The van der Waals surface area contributed by atoms with Crippen LogP contribution in [0.2, 0.25) is 0 Å². The van der Waals surface area contributed by atoms with Gasteiger partial charge in [-0.15, -0.1) is 0 Å². The molecule has 34 heavy (non-hydrogen) atoms. The van der Waals surface area contributed by atoms with E-state index in [1.54, 1.807) is 19.2 Å². The highest BCUT2D eigenvalue weighted by Crippen LogP contribution is 2.50. The molecule has 0 N–H and O–H groups in total. The molecule has 1 amide bonds. The topological polar surface area (TPSA) is 72.7 Å². The molecule has 0 radical (unpaired) electrons. The Bertz CT molecular complexity index is 1210. The zero-order chi connectivity index (χ0) is 23.7. The molecule has 0 saturated carbocycles. The molecule has 5 rings (SSSR count). The number of hydrogen-bond acceptors (Lipinski definition) is 4. The van der Waals surface area contributed by atoms with Gasteiger partial charge in [0.1, 0.15) is 5.75 Å². The fourth-order valence-corrected chi connectivity index (χ4v) is 5.38. The number of nitro groups is 1. The minimum absolute atomic E-state index is 0.0220. The molecule has 172 valence electrons. The van der Waals surface area contributed by atoms with Crippen LogP contribution in [0.4, 0.5) is 5.69 Å². The minimum atomic E-state index is -0.390. The van der Waals surface area contributed by atoms with Gasteiger partial charge in [0.2, 0.25) is 5.91 Å². The van der Waals surface area contributed by atoms with Crippen LogP contribution in [0.15, 0.2) is 91.0 Å². The Labute approximate surface area is 198 Å². The summed E-state index contributed by atoms with van der Waals surface area (Å²) in [5.74, 6) is 0.743. The van der Waals surface area contributed by atoms with Gasteiger partial charge in [0.05, 0.1) is 18.0 Å². The third kappa shape index (κ3) is 4.07. The first-order valence-electron chi connectivity index (χ1n) is 11.4. The van der Waals surface area contributed by atoms with Crippen LogP contribution in [0.5, 0.6) is 5.75 Å². The Morgan fingerprint density at radius 3 is 2.26 bits per heavy atom. The van der Waals surface area contributed by atoms with Crippen molar-refractivity contribution in [2.45, 2.75) is 18.4 Å². The van der Waals surface area contributed by atoms with Crippen molar-refractivity contribution in [1.82, 2.24) is 4.90 Å². The summed E-state index contributed by atoms with van der Waals surface area (Å²) < 4.78 is 5.25. The lowest BCUT2D eigenvalue weighted by Crippen LogP contribution is -2.33. The van der Waals surface area contributed by atoms with Crippen LogP contribution in [-0.2, 0) is 11.3 Å². The van der Waals surface area contributed by atoms with E-state index in [0.717, 1.165) is 22.4 Å². The standard InChI is InChI=1S/C28H26N2O4/c1-34-24-14-7-19(8-15-24)17-29-18-22-11-16-25(20-5-3-2-4-6-20)26(27(22)28(29)31)21-9-12-23(13-10-21)30(32)33/h2-16,22,25-27H,17-18H2,1H3/t22-,25+,26-,27-/m1/s1. The highest BCUT2D eigenvalue weighted by molar-refractivity contribution is 5.83. The maximum atomic E-state index is 13.8. The Morgan fingerprint density at radius 2 is 1.62 bits per heavy atom. The molecule has 1 fully saturated rings. The molecular weight excluding hydrogens is 428 g/mol. The molecule has 0 bridgehead atoms. The smallest absolute Gasteiger partial charge is 0.269 e. The van der Waals surface area contributed by atoms with Gasteiger partial charge in [-0.3, -0.25) is 14.9 Å². The highest BCUT2D eigenvalue weighted by Gasteiger charge is 2.48. The molecule has 1 aliphatic carbocycles. The fraction of sp³-hybridized carbons (Fsp3) is 0.250. The van der Waals surface area contributed by atoms with Crippen molar-refractivity contribution in [3.63, 3.8) is 0 Å². The van der Waals surface area contributed by atoms with E-state index < -0.39 is 0 Å². The van der Waals surface area contributed by atoms with Crippen LogP contribution < -0.4 is 4.74 Å². The van der Waals surface area contributed by atoms with E-state index in [1.807, 2.05) is 59.5 Å². The van der Waals surface area contributed by atoms with Crippen LogP contribution >= 0.6 is 0 Å². The van der Waals surface area contributed by atoms with Gasteiger partial charge in [-0.25, -0.2) is 0 Å². The van der Waals surface area contributed by atoms with E-state index in [1.165, 1.54) is 0 Å². The maximum Gasteiger partial charge on any atom is 0.269 e. The first-order chi connectivity index (χ1) is 16.5. The maximum absolute atomic E-state index is 13.8. The summed E-state index contributed by atoms with van der Waals surface area (Å²) >= 11 is 0. The van der Waals surface area contributed by atoms with E-state index in [-0.39, 0.29) is 40.2 Å². The first-order valence-corrected chi connectivity index (χ1v) is 11.4. The number of carbonyl (C=O) groups is 1. The van der Waals surface area contributed by atoms with Crippen LogP contribution in [0, 0.1) is 22.0 Å². The number of hydrogen-bond donors (Lipinski definition) is 0. The van der Waals surface area contributed by atoms with E-state index in [0.29, 0.717) is 13.1 Å². The van der Waals surface area contributed by atoms with Gasteiger partial charge in [0.25, 0.3) is 5.69 Å². The second kappa shape index (κ2) is 9.14. The molecule has 6 heteroatoms. The van der Waals surface area contributed by atoms with Crippen molar-refractivity contribution in [3.8, 4) is 5.75 Å². The first kappa shape index (κ1) is 21.9. The van der Waals surface area contributed by atoms with Crippen molar-refractivity contribution in [2.24, 2.45) is 11.8 Å². The van der Waals surface area contributed by atoms with Gasteiger partial charge < -0.3 is 9.64 Å². The minimum Gasteiger partial charge on any atom is -0.497 e. The average Bonchev–Trinajstić information content (AvgIpc) is 3.19. The predicted molar refractivity (Wildman–Crippen MR) is 130 cm³/mol. The van der Waals surface area contributed by atoms with Crippen molar-refractivity contribution in [1.29, 1.82) is 0 Å². The number of nitrogens with zero attached hydrogens (tertiary/aromatic N) is 2. The Morgan fingerprint density at radius 1 is 0.912 bits per heavy atom. The van der Waals surface area contributed by atoms with Gasteiger partial charge in [-0.1, -0.05) is 66.7 Å². The number of methoxy groups -OCH3 is 1. The number of nitro benzene ring substituents is 1. The van der Waals surface area contributed by atoms with Gasteiger partial charge >= 0.3 is 0 Å². The number of ether oxygens (including phenoxy) is 1. The number of rotatable bonds is 6. The second-order valence-electron chi connectivity index (χ2n) is 8.95. The van der Waals surface area contributed by atoms with E-state index >= 15 is 0 Å². The molecule has 2 aliphatic rings. The summed E-state index contributed by atoms with van der Waals surface area (Å²) in [6.07, 6.45) is 4.41. The van der Waals surface area contributed by atoms with Crippen molar-refractivity contribution in [2.75, 3.05) is 13.7 Å². The normalized spacial score (nSPS) is 23.6. The van der Waals surface area contributed by atoms with Gasteiger partial charge in [0, 0.05) is 43.0 Å². The van der Waals surface area contributed by atoms with Crippen LogP contribution in [-0.4, -0.2) is 29.4 Å². The van der Waals surface area contributed by atoms with E-state index in [9.17, 15) is 14.9 Å². The molecule has 3 aromatic rings. The van der Waals surface area contributed by atoms with Crippen molar-refractivity contribution < 1.29 is 14.5 Å². The Kier molecular flexibility index (Phi) is 5.88. The van der Waals surface area contributed by atoms with E-state index in [4.69, 9.17) is 4.74 Å². The number of allylic oxidation sites excluding steroid dienone is 1. The lowest BCUT2D eigenvalue weighted by Gasteiger charge is -2.35. The zero-order valence-corrected chi connectivity index (χ0v) is 18.9. The largest absolute Gasteiger partial charge is 0.497 e. The Balaban J connectivity index is 1.48. The summed E-state index contributed by atoms with van der Waals surface area (Å²) in [7, 11) is 1.64. The molecule has 1 saturated heterocycles. The zero-order valence-electron chi connectivity index (χ0n) is 18.9. The highest BCUT2D eigenvalue weighted by atomic mass is 16.6. The number of amides is 1. The molecule has 0 spiro atoms. The predicted octanol–water partition coefficient (Wildman–Crippen LogP) is 5.32. The molecule has 0 unspecified atom stereocenters. The van der Waals surface area contributed by atoms with E-state index in [2.05, 4.69) is 24.3 Å². The molecule has 1 aliphatic heterocycles. The number of non-ortho nitro benzene ring substituents is 1. The average molecular weight is 455 g/mol. The Hall–Kier alpha value is -3.93.